The van der Waals surface area contributed by atoms with Crippen LogP contribution in [-0.2, 0) is 14.4 Å². The Balaban J connectivity index is 1.97. The highest BCUT2D eigenvalue weighted by atomic mass is 79.9. The van der Waals surface area contributed by atoms with Crippen molar-refractivity contribution in [3.05, 3.63) is 22.8 Å². The third-order valence-electron chi connectivity index (χ3n) is 2.91. The van der Waals surface area contributed by atoms with Crippen molar-refractivity contribution in [1.29, 1.82) is 0 Å². The summed E-state index contributed by atoms with van der Waals surface area (Å²) in [6.07, 6.45) is 1.53. The van der Waals surface area contributed by atoms with E-state index in [1.807, 2.05) is 0 Å². The van der Waals surface area contributed by atoms with E-state index in [2.05, 4.69) is 31.5 Å². The van der Waals surface area contributed by atoms with E-state index >= 15 is 0 Å². The molecule has 112 valence electrons. The summed E-state index contributed by atoms with van der Waals surface area (Å²) in [6, 6.07) is 2.42. The highest BCUT2D eigenvalue weighted by molar-refractivity contribution is 9.10. The molecular formula is C12H13BrN4O4. The van der Waals surface area contributed by atoms with Crippen molar-refractivity contribution in [2.45, 2.75) is 6.04 Å². The number of halogens is 1. The van der Waals surface area contributed by atoms with E-state index in [9.17, 15) is 14.4 Å². The Morgan fingerprint density at radius 3 is 2.90 bits per heavy atom. The molecule has 0 aliphatic carbocycles. The Morgan fingerprint density at radius 2 is 2.29 bits per heavy atom. The maximum absolute atomic E-state index is 11.9. The smallest absolute Gasteiger partial charge is 0.322 e. The van der Waals surface area contributed by atoms with Crippen molar-refractivity contribution >= 4 is 39.5 Å². The lowest BCUT2D eigenvalue weighted by Crippen LogP contribution is -2.58. The van der Waals surface area contributed by atoms with Crippen molar-refractivity contribution in [3.8, 4) is 0 Å². The molecular weight excluding hydrogens is 344 g/mol. The number of amides is 2. The molecule has 1 aliphatic rings. The average molecular weight is 357 g/mol. The number of nitrogens with zero attached hydrogens (tertiary/aromatic N) is 2. The molecule has 0 saturated carbocycles. The standard InChI is InChI=1S/C12H13BrN4O4/c13-7-1-2-9(14-3-7)16-11(19)6-17-5-10(18)15-4-8(17)12(20)21/h1-3,8H,4-6H2,(H,15,18)(H,20,21)(H,14,16,19). The van der Waals surface area contributed by atoms with E-state index in [0.29, 0.717) is 5.82 Å². The van der Waals surface area contributed by atoms with Gasteiger partial charge in [0.05, 0.1) is 13.1 Å². The number of hydrogen-bond donors (Lipinski definition) is 3. The molecule has 1 aromatic heterocycles. The van der Waals surface area contributed by atoms with Crippen LogP contribution in [0.15, 0.2) is 22.8 Å². The quantitative estimate of drug-likeness (QED) is 0.680. The van der Waals surface area contributed by atoms with Crippen molar-refractivity contribution < 1.29 is 19.5 Å². The minimum Gasteiger partial charge on any atom is -0.480 e. The van der Waals surface area contributed by atoms with Gasteiger partial charge in [-0.15, -0.1) is 0 Å². The number of hydrogen-bond acceptors (Lipinski definition) is 5. The molecule has 9 heteroatoms. The molecule has 0 bridgehead atoms. The highest BCUT2D eigenvalue weighted by Gasteiger charge is 2.32. The first-order valence-electron chi connectivity index (χ1n) is 6.10. The molecule has 1 saturated heterocycles. The van der Waals surface area contributed by atoms with Gasteiger partial charge in [0, 0.05) is 17.2 Å². The summed E-state index contributed by atoms with van der Waals surface area (Å²) in [7, 11) is 0. The van der Waals surface area contributed by atoms with E-state index in [1.165, 1.54) is 11.1 Å². The average Bonchev–Trinajstić information content (AvgIpc) is 2.41. The van der Waals surface area contributed by atoms with Gasteiger partial charge in [-0.2, -0.15) is 0 Å². The predicted octanol–water partition coefficient (Wildman–Crippen LogP) is -0.332. The van der Waals surface area contributed by atoms with Crippen LogP contribution >= 0.6 is 15.9 Å². The molecule has 2 rings (SSSR count). The summed E-state index contributed by atoms with van der Waals surface area (Å²) >= 11 is 3.23. The third-order valence-corrected chi connectivity index (χ3v) is 3.38. The van der Waals surface area contributed by atoms with Crippen LogP contribution in [0.25, 0.3) is 0 Å². The van der Waals surface area contributed by atoms with Gasteiger partial charge in [-0.1, -0.05) is 0 Å². The maximum Gasteiger partial charge on any atom is 0.322 e. The SMILES string of the molecule is O=C1CN(CC(=O)Nc2ccc(Br)cn2)C(C(=O)O)CN1. The number of aromatic nitrogens is 1. The molecule has 1 atom stereocenters. The summed E-state index contributed by atoms with van der Waals surface area (Å²) in [5.41, 5.74) is 0. The number of rotatable bonds is 4. The summed E-state index contributed by atoms with van der Waals surface area (Å²) in [6.45, 7) is -0.335. The van der Waals surface area contributed by atoms with E-state index in [0.717, 1.165) is 4.47 Å². The second-order valence-electron chi connectivity index (χ2n) is 4.47. The number of nitrogens with one attached hydrogen (secondary N) is 2. The van der Waals surface area contributed by atoms with Gasteiger partial charge < -0.3 is 15.7 Å². The summed E-state index contributed by atoms with van der Waals surface area (Å²) in [5, 5.41) is 14.1. The number of aliphatic carboxylic acids is 1. The highest BCUT2D eigenvalue weighted by Crippen LogP contribution is 2.11. The molecule has 0 spiro atoms. The Morgan fingerprint density at radius 1 is 1.52 bits per heavy atom. The molecule has 21 heavy (non-hydrogen) atoms. The summed E-state index contributed by atoms with van der Waals surface area (Å²) in [4.78, 5) is 39.6. The number of pyridine rings is 1. The summed E-state index contributed by atoms with van der Waals surface area (Å²) < 4.78 is 0.777. The summed E-state index contributed by atoms with van der Waals surface area (Å²) in [5.74, 6) is -1.45. The Hall–Kier alpha value is -2.00. The van der Waals surface area contributed by atoms with Crippen LogP contribution in [0.4, 0.5) is 5.82 Å². The second-order valence-corrected chi connectivity index (χ2v) is 5.39. The zero-order valence-electron chi connectivity index (χ0n) is 10.9. The molecule has 1 aromatic rings. The molecule has 0 aromatic carbocycles. The fourth-order valence-corrected chi connectivity index (χ4v) is 2.15. The molecule has 8 nitrogen and oxygen atoms in total. The Bertz CT molecular complexity index is 563. The van der Waals surface area contributed by atoms with Gasteiger partial charge in [-0.05, 0) is 28.1 Å². The zero-order chi connectivity index (χ0) is 15.4. The van der Waals surface area contributed by atoms with Crippen molar-refractivity contribution in [1.82, 2.24) is 15.2 Å². The van der Waals surface area contributed by atoms with Crippen LogP contribution < -0.4 is 10.6 Å². The lowest BCUT2D eigenvalue weighted by Gasteiger charge is -2.31. The van der Waals surface area contributed by atoms with Crippen LogP contribution in [-0.4, -0.2) is 58.5 Å². The van der Waals surface area contributed by atoms with Crippen LogP contribution in [0, 0.1) is 0 Å². The Labute approximate surface area is 128 Å². The first-order valence-corrected chi connectivity index (χ1v) is 6.90. The third kappa shape index (κ3) is 4.23. The Kier molecular flexibility index (Phi) is 4.86. The molecule has 1 aliphatic heterocycles. The van der Waals surface area contributed by atoms with E-state index in [-0.39, 0.29) is 25.5 Å². The topological polar surface area (TPSA) is 112 Å². The first kappa shape index (κ1) is 15.4. The number of piperazine rings is 1. The lowest BCUT2D eigenvalue weighted by molar-refractivity contribution is -0.146. The number of carboxylic acids is 1. The van der Waals surface area contributed by atoms with E-state index in [4.69, 9.17) is 5.11 Å². The zero-order valence-corrected chi connectivity index (χ0v) is 12.5. The fraction of sp³-hybridized carbons (Fsp3) is 0.333. The van der Waals surface area contributed by atoms with Gasteiger partial charge >= 0.3 is 5.97 Å². The normalized spacial score (nSPS) is 18.9. The van der Waals surface area contributed by atoms with Gasteiger partial charge in [0.2, 0.25) is 11.8 Å². The van der Waals surface area contributed by atoms with Crippen LogP contribution in [0.3, 0.4) is 0 Å². The van der Waals surface area contributed by atoms with Crippen LogP contribution in [0.2, 0.25) is 0 Å². The van der Waals surface area contributed by atoms with Gasteiger partial charge in [0.1, 0.15) is 11.9 Å². The van der Waals surface area contributed by atoms with Gasteiger partial charge in [0.15, 0.2) is 0 Å². The van der Waals surface area contributed by atoms with Crippen molar-refractivity contribution in [2.24, 2.45) is 0 Å². The first-order chi connectivity index (χ1) is 9.95. The fourth-order valence-electron chi connectivity index (χ4n) is 1.92. The van der Waals surface area contributed by atoms with E-state index < -0.39 is 17.9 Å². The second kappa shape index (κ2) is 6.64. The lowest BCUT2D eigenvalue weighted by atomic mass is 10.2. The molecule has 0 radical (unpaired) electrons. The number of carboxylic acid groups (broad SMARTS) is 1. The number of carbonyl (C=O) groups is 3. The largest absolute Gasteiger partial charge is 0.480 e. The van der Waals surface area contributed by atoms with Gasteiger partial charge in [0.25, 0.3) is 0 Å². The molecule has 2 amide bonds. The molecule has 1 unspecified atom stereocenters. The van der Waals surface area contributed by atoms with Gasteiger partial charge in [-0.25, -0.2) is 4.98 Å². The van der Waals surface area contributed by atoms with Gasteiger partial charge in [-0.3, -0.25) is 19.3 Å². The van der Waals surface area contributed by atoms with Crippen LogP contribution in [0.5, 0.6) is 0 Å². The molecule has 3 N–H and O–H groups in total. The monoisotopic (exact) mass is 356 g/mol. The van der Waals surface area contributed by atoms with Crippen molar-refractivity contribution in [3.63, 3.8) is 0 Å². The minimum absolute atomic E-state index is 0.0159. The van der Waals surface area contributed by atoms with E-state index in [1.54, 1.807) is 12.1 Å². The molecule has 1 fully saturated rings. The van der Waals surface area contributed by atoms with Crippen molar-refractivity contribution in [2.75, 3.05) is 25.0 Å². The predicted molar refractivity (Wildman–Crippen MR) is 76.6 cm³/mol. The number of carbonyl (C=O) groups excluding carboxylic acids is 2. The van der Waals surface area contributed by atoms with Crippen LogP contribution in [0.1, 0.15) is 0 Å². The number of anilines is 1. The maximum atomic E-state index is 11.9. The molecule has 2 heterocycles. The minimum atomic E-state index is -1.08.